The molecule has 0 aliphatic heterocycles. The van der Waals surface area contributed by atoms with E-state index in [1.54, 1.807) is 12.1 Å². The van der Waals surface area contributed by atoms with E-state index in [1.165, 1.54) is 6.07 Å². The summed E-state index contributed by atoms with van der Waals surface area (Å²) in [6, 6.07) is 4.75. The molecule has 1 saturated carbocycles. The molecule has 2 N–H and O–H groups in total. The molecule has 0 heterocycles. The van der Waals surface area contributed by atoms with Gasteiger partial charge in [0.25, 0.3) is 0 Å². The van der Waals surface area contributed by atoms with Gasteiger partial charge in [0, 0.05) is 22.9 Å². The van der Waals surface area contributed by atoms with Crippen molar-refractivity contribution < 1.29 is 9.18 Å². The lowest BCUT2D eigenvalue weighted by Gasteiger charge is -2.14. The number of rotatable bonds is 3. The molecule has 2 atom stereocenters. The minimum Gasteiger partial charge on any atom is -0.327 e. The fraction of sp³-hybridized carbons (Fsp3) is 0.462. The first-order valence-electron chi connectivity index (χ1n) is 5.80. The summed E-state index contributed by atoms with van der Waals surface area (Å²) in [6.07, 6.45) is 2.90. The normalized spacial score (nSPS) is 23.9. The minimum atomic E-state index is -0.334. The van der Waals surface area contributed by atoms with E-state index in [0.717, 1.165) is 19.3 Å². The fourth-order valence-corrected chi connectivity index (χ4v) is 2.71. The molecular weight excluding hydrogens is 285 g/mol. The second-order valence-electron chi connectivity index (χ2n) is 4.58. The highest BCUT2D eigenvalue weighted by Gasteiger charge is 2.30. The van der Waals surface area contributed by atoms with E-state index in [1.807, 2.05) is 0 Å². The summed E-state index contributed by atoms with van der Waals surface area (Å²) >= 11 is 3.19. The molecule has 4 heteroatoms. The molecular formula is C13H15BrFNO. The van der Waals surface area contributed by atoms with E-state index in [-0.39, 0.29) is 30.0 Å². The number of hydrogen-bond acceptors (Lipinski definition) is 2. The predicted molar refractivity (Wildman–Crippen MR) is 68.1 cm³/mol. The van der Waals surface area contributed by atoms with Crippen LogP contribution >= 0.6 is 15.9 Å². The van der Waals surface area contributed by atoms with Crippen molar-refractivity contribution in [2.45, 2.75) is 31.7 Å². The number of carbonyl (C=O) groups is 1. The van der Waals surface area contributed by atoms with Crippen LogP contribution in [0.25, 0.3) is 0 Å². The Morgan fingerprint density at radius 1 is 1.47 bits per heavy atom. The van der Waals surface area contributed by atoms with E-state index in [2.05, 4.69) is 15.9 Å². The highest BCUT2D eigenvalue weighted by molar-refractivity contribution is 9.10. The zero-order chi connectivity index (χ0) is 12.4. The van der Waals surface area contributed by atoms with Crippen LogP contribution in [0.15, 0.2) is 22.7 Å². The van der Waals surface area contributed by atoms with Gasteiger partial charge >= 0.3 is 0 Å². The highest BCUT2D eigenvalue weighted by Crippen LogP contribution is 2.26. The van der Waals surface area contributed by atoms with Crippen LogP contribution in [0, 0.1) is 11.7 Å². The largest absolute Gasteiger partial charge is 0.327 e. The average molecular weight is 300 g/mol. The van der Waals surface area contributed by atoms with E-state index < -0.39 is 0 Å². The number of hydrogen-bond donors (Lipinski definition) is 1. The lowest BCUT2D eigenvalue weighted by atomic mass is 9.94. The van der Waals surface area contributed by atoms with Gasteiger partial charge in [-0.25, -0.2) is 4.39 Å². The molecule has 92 valence electrons. The van der Waals surface area contributed by atoms with Gasteiger partial charge in [0.2, 0.25) is 0 Å². The third kappa shape index (κ3) is 2.93. The van der Waals surface area contributed by atoms with Gasteiger partial charge in [-0.05, 0) is 30.5 Å². The Morgan fingerprint density at radius 3 is 2.82 bits per heavy atom. The number of ketones is 1. The van der Waals surface area contributed by atoms with E-state index in [0.29, 0.717) is 10.0 Å². The van der Waals surface area contributed by atoms with Gasteiger partial charge in [-0.3, -0.25) is 4.79 Å². The van der Waals surface area contributed by atoms with Crippen LogP contribution < -0.4 is 5.73 Å². The average Bonchev–Trinajstić information content (AvgIpc) is 2.68. The van der Waals surface area contributed by atoms with Gasteiger partial charge in [-0.1, -0.05) is 28.4 Å². The molecule has 2 unspecified atom stereocenters. The molecule has 1 fully saturated rings. The summed E-state index contributed by atoms with van der Waals surface area (Å²) in [4.78, 5) is 12.0. The lowest BCUT2D eigenvalue weighted by Crippen LogP contribution is -2.31. The van der Waals surface area contributed by atoms with Crippen molar-refractivity contribution in [3.05, 3.63) is 34.1 Å². The fourth-order valence-electron chi connectivity index (χ4n) is 2.37. The smallest absolute Gasteiger partial charge is 0.141 e. The van der Waals surface area contributed by atoms with E-state index in [4.69, 9.17) is 5.73 Å². The summed E-state index contributed by atoms with van der Waals surface area (Å²) in [5.41, 5.74) is 6.33. The molecule has 2 nitrogen and oxygen atoms in total. The summed E-state index contributed by atoms with van der Waals surface area (Å²) in [5, 5.41) is 0. The van der Waals surface area contributed by atoms with E-state index >= 15 is 0 Å². The first-order chi connectivity index (χ1) is 8.08. The maximum absolute atomic E-state index is 13.6. The van der Waals surface area contributed by atoms with Crippen LogP contribution in [0.3, 0.4) is 0 Å². The molecule has 1 aliphatic carbocycles. The van der Waals surface area contributed by atoms with E-state index in [9.17, 15) is 9.18 Å². The van der Waals surface area contributed by atoms with Crippen LogP contribution in [0.5, 0.6) is 0 Å². The van der Waals surface area contributed by atoms with Crippen molar-refractivity contribution in [1.29, 1.82) is 0 Å². The number of nitrogens with two attached hydrogens (primary N) is 1. The van der Waals surface area contributed by atoms with Gasteiger partial charge in [0.05, 0.1) is 0 Å². The van der Waals surface area contributed by atoms with Gasteiger partial charge in [-0.2, -0.15) is 0 Å². The molecule has 0 aromatic heterocycles. The lowest BCUT2D eigenvalue weighted by molar-refractivity contribution is -0.122. The first-order valence-corrected chi connectivity index (χ1v) is 6.59. The van der Waals surface area contributed by atoms with Crippen LogP contribution in [0.1, 0.15) is 24.8 Å². The minimum absolute atomic E-state index is 0.0407. The Kier molecular flexibility index (Phi) is 3.94. The molecule has 0 bridgehead atoms. The Labute approximate surface area is 109 Å². The number of Topliss-reactive ketones (excluding diaryl/α,β-unsaturated/α-hetero) is 1. The number of carbonyl (C=O) groups excluding carboxylic acids is 1. The second-order valence-corrected chi connectivity index (χ2v) is 5.50. The standard InChI is InChI=1S/C13H15BrFNO/c14-9-5-4-8(11(15)7-9)6-13(17)10-2-1-3-12(10)16/h4-5,7,10,12H,1-3,6,16H2. The Balaban J connectivity index is 2.07. The molecule has 1 aromatic carbocycles. The zero-order valence-corrected chi connectivity index (χ0v) is 11.0. The van der Waals surface area contributed by atoms with Crippen molar-refractivity contribution in [3.63, 3.8) is 0 Å². The second kappa shape index (κ2) is 5.27. The molecule has 17 heavy (non-hydrogen) atoms. The molecule has 0 amide bonds. The monoisotopic (exact) mass is 299 g/mol. The number of benzene rings is 1. The van der Waals surface area contributed by atoms with Gasteiger partial charge in [0.15, 0.2) is 0 Å². The Hall–Kier alpha value is -0.740. The molecule has 0 radical (unpaired) electrons. The van der Waals surface area contributed by atoms with Crippen molar-refractivity contribution in [1.82, 2.24) is 0 Å². The first kappa shape index (κ1) is 12.7. The van der Waals surface area contributed by atoms with Gasteiger partial charge in [-0.15, -0.1) is 0 Å². The Bertz CT molecular complexity index is 435. The maximum atomic E-state index is 13.6. The summed E-state index contributed by atoms with van der Waals surface area (Å²) in [6.45, 7) is 0. The number of halogens is 2. The summed E-state index contributed by atoms with van der Waals surface area (Å²) in [7, 11) is 0. The van der Waals surface area contributed by atoms with Crippen molar-refractivity contribution in [3.8, 4) is 0 Å². The highest BCUT2D eigenvalue weighted by atomic mass is 79.9. The Morgan fingerprint density at radius 2 is 2.24 bits per heavy atom. The summed E-state index contributed by atoms with van der Waals surface area (Å²) < 4.78 is 14.3. The van der Waals surface area contributed by atoms with Crippen LogP contribution in [0.2, 0.25) is 0 Å². The van der Waals surface area contributed by atoms with Crippen LogP contribution in [0.4, 0.5) is 4.39 Å². The third-order valence-electron chi connectivity index (χ3n) is 3.36. The molecule has 1 aliphatic rings. The molecule has 0 spiro atoms. The zero-order valence-electron chi connectivity index (χ0n) is 9.46. The maximum Gasteiger partial charge on any atom is 0.141 e. The molecule has 1 aromatic rings. The van der Waals surface area contributed by atoms with Gasteiger partial charge < -0.3 is 5.73 Å². The van der Waals surface area contributed by atoms with Crippen molar-refractivity contribution >= 4 is 21.7 Å². The quantitative estimate of drug-likeness (QED) is 0.933. The summed E-state index contributed by atoms with van der Waals surface area (Å²) in [5.74, 6) is -0.353. The van der Waals surface area contributed by atoms with Crippen LogP contribution in [-0.4, -0.2) is 11.8 Å². The molecule has 2 rings (SSSR count). The van der Waals surface area contributed by atoms with Gasteiger partial charge in [0.1, 0.15) is 11.6 Å². The molecule has 0 saturated heterocycles. The predicted octanol–water partition coefficient (Wildman–Crippen LogP) is 2.83. The third-order valence-corrected chi connectivity index (χ3v) is 3.86. The van der Waals surface area contributed by atoms with Crippen molar-refractivity contribution in [2.24, 2.45) is 11.7 Å². The topological polar surface area (TPSA) is 43.1 Å². The van der Waals surface area contributed by atoms with Crippen LogP contribution in [-0.2, 0) is 11.2 Å². The SMILES string of the molecule is NC1CCCC1C(=O)Cc1ccc(Br)cc1F. The van der Waals surface area contributed by atoms with Crippen molar-refractivity contribution in [2.75, 3.05) is 0 Å².